The lowest BCUT2D eigenvalue weighted by Gasteiger charge is -2.43. The molecule has 25 heavy (non-hydrogen) atoms. The van der Waals surface area contributed by atoms with Crippen molar-refractivity contribution >= 4 is 22.8 Å². The molecule has 3 atom stereocenters. The number of aromatic amines is 1. The number of fused-ring (bicyclic) bond motifs is 2. The third kappa shape index (κ3) is 3.13. The van der Waals surface area contributed by atoms with Crippen molar-refractivity contribution in [3.8, 4) is 0 Å². The molecule has 0 radical (unpaired) electrons. The van der Waals surface area contributed by atoms with E-state index in [1.54, 1.807) is 6.20 Å². The summed E-state index contributed by atoms with van der Waals surface area (Å²) in [5, 5.41) is 16.9. The van der Waals surface area contributed by atoms with Crippen LogP contribution in [0.4, 0.5) is 0 Å². The van der Waals surface area contributed by atoms with Gasteiger partial charge in [-0.1, -0.05) is 12.1 Å². The Morgan fingerprint density at radius 3 is 2.96 bits per heavy atom. The number of carboxylic acids is 1. The van der Waals surface area contributed by atoms with Gasteiger partial charge in [0.25, 0.3) is 5.91 Å². The summed E-state index contributed by atoms with van der Waals surface area (Å²) in [4.78, 5) is 25.9. The van der Waals surface area contributed by atoms with Crippen molar-refractivity contribution in [1.29, 1.82) is 0 Å². The molecule has 0 bridgehead atoms. The molecule has 1 saturated carbocycles. The number of rotatable bonds is 3. The summed E-state index contributed by atoms with van der Waals surface area (Å²) in [5.41, 5.74) is 1.49. The maximum atomic E-state index is 13.0. The fraction of sp³-hybridized carbons (Fsp3) is 0.526. The Morgan fingerprint density at radius 1 is 1.24 bits per heavy atom. The summed E-state index contributed by atoms with van der Waals surface area (Å²) >= 11 is 0. The molecule has 2 heterocycles. The van der Waals surface area contributed by atoms with Crippen LogP contribution in [0.3, 0.4) is 0 Å². The molecule has 1 aliphatic heterocycles. The fourth-order valence-corrected chi connectivity index (χ4v) is 4.65. The van der Waals surface area contributed by atoms with E-state index < -0.39 is 5.97 Å². The molecule has 132 valence electrons. The number of nitrogens with zero attached hydrogens (tertiary/aromatic N) is 2. The standard InChI is InChI=1S/C19H23N3O3/c23-17(24)9-12-4-5-15-11-22(7-6-13(15)8-12)19(25)16-3-1-2-14-10-20-21-18(14)16/h1-3,10,12-13,15H,4-9,11H2,(H,20,21)(H,23,24). The van der Waals surface area contributed by atoms with Crippen molar-refractivity contribution in [2.45, 2.75) is 32.1 Å². The quantitative estimate of drug-likeness (QED) is 0.899. The molecule has 4 rings (SSSR count). The molecule has 1 aromatic carbocycles. The van der Waals surface area contributed by atoms with Gasteiger partial charge in [0.1, 0.15) is 0 Å². The fourth-order valence-electron chi connectivity index (χ4n) is 4.65. The number of H-pyrrole nitrogens is 1. The summed E-state index contributed by atoms with van der Waals surface area (Å²) in [6.45, 7) is 1.54. The highest BCUT2D eigenvalue weighted by molar-refractivity contribution is 6.05. The van der Waals surface area contributed by atoms with Gasteiger partial charge in [-0.2, -0.15) is 5.10 Å². The van der Waals surface area contributed by atoms with Crippen LogP contribution in [0, 0.1) is 17.8 Å². The van der Waals surface area contributed by atoms with Gasteiger partial charge in [-0.05, 0) is 49.5 Å². The van der Waals surface area contributed by atoms with E-state index in [-0.39, 0.29) is 12.3 Å². The lowest BCUT2D eigenvalue weighted by atomic mass is 9.70. The van der Waals surface area contributed by atoms with Crippen molar-refractivity contribution in [3.05, 3.63) is 30.0 Å². The summed E-state index contributed by atoms with van der Waals surface area (Å²) < 4.78 is 0. The monoisotopic (exact) mass is 341 g/mol. The molecule has 6 nitrogen and oxygen atoms in total. The van der Waals surface area contributed by atoms with Gasteiger partial charge < -0.3 is 10.0 Å². The number of aliphatic carboxylic acids is 1. The average molecular weight is 341 g/mol. The number of piperidine rings is 1. The van der Waals surface area contributed by atoms with Crippen LogP contribution >= 0.6 is 0 Å². The summed E-state index contributed by atoms with van der Waals surface area (Å²) in [7, 11) is 0. The van der Waals surface area contributed by atoms with Crippen LogP contribution in [0.25, 0.3) is 10.9 Å². The van der Waals surface area contributed by atoms with Gasteiger partial charge >= 0.3 is 5.97 Å². The normalized spacial score (nSPS) is 26.4. The summed E-state index contributed by atoms with van der Waals surface area (Å²) in [6, 6.07) is 5.71. The number of nitrogens with one attached hydrogen (secondary N) is 1. The number of amides is 1. The smallest absolute Gasteiger partial charge is 0.303 e. The first kappa shape index (κ1) is 16.1. The van der Waals surface area contributed by atoms with Crippen LogP contribution < -0.4 is 0 Å². The Bertz CT molecular complexity index is 800. The molecular formula is C19H23N3O3. The largest absolute Gasteiger partial charge is 0.481 e. The van der Waals surface area contributed by atoms with Crippen LogP contribution in [-0.4, -0.2) is 45.2 Å². The van der Waals surface area contributed by atoms with Crippen molar-refractivity contribution in [2.24, 2.45) is 17.8 Å². The summed E-state index contributed by atoms with van der Waals surface area (Å²) in [5.74, 6) is 0.748. The predicted octanol–water partition coefficient (Wildman–Crippen LogP) is 2.92. The average Bonchev–Trinajstić information content (AvgIpc) is 3.09. The van der Waals surface area contributed by atoms with Gasteiger partial charge in [-0.3, -0.25) is 14.7 Å². The van der Waals surface area contributed by atoms with Gasteiger partial charge in [-0.25, -0.2) is 0 Å². The van der Waals surface area contributed by atoms with Crippen LogP contribution in [0.1, 0.15) is 42.5 Å². The first-order chi connectivity index (χ1) is 12.1. The maximum absolute atomic E-state index is 13.0. The molecule has 0 spiro atoms. The number of aromatic nitrogens is 2. The number of benzene rings is 1. The molecule has 1 aromatic heterocycles. The lowest BCUT2D eigenvalue weighted by molar-refractivity contribution is -0.138. The van der Waals surface area contributed by atoms with E-state index in [1.807, 2.05) is 23.1 Å². The Labute approximate surface area is 146 Å². The lowest BCUT2D eigenvalue weighted by Crippen LogP contribution is -2.46. The Kier molecular flexibility index (Phi) is 4.19. The van der Waals surface area contributed by atoms with E-state index in [2.05, 4.69) is 10.2 Å². The Balaban J connectivity index is 1.45. The van der Waals surface area contributed by atoms with Crippen LogP contribution in [0.15, 0.2) is 24.4 Å². The molecule has 2 fully saturated rings. The minimum Gasteiger partial charge on any atom is -0.481 e. The van der Waals surface area contributed by atoms with Gasteiger partial charge in [-0.15, -0.1) is 0 Å². The van der Waals surface area contributed by atoms with Crippen LogP contribution in [0.2, 0.25) is 0 Å². The maximum Gasteiger partial charge on any atom is 0.303 e. The molecule has 2 aliphatic rings. The topological polar surface area (TPSA) is 86.3 Å². The summed E-state index contributed by atoms with van der Waals surface area (Å²) in [6.07, 6.45) is 5.99. The number of carbonyl (C=O) groups is 2. The number of hydrogen-bond donors (Lipinski definition) is 2. The molecule has 1 amide bonds. The number of carboxylic acid groups (broad SMARTS) is 1. The number of hydrogen-bond acceptors (Lipinski definition) is 3. The molecular weight excluding hydrogens is 318 g/mol. The van der Waals surface area contributed by atoms with E-state index in [9.17, 15) is 9.59 Å². The molecule has 2 aromatic rings. The van der Waals surface area contributed by atoms with Crippen molar-refractivity contribution < 1.29 is 14.7 Å². The second-order valence-electron chi connectivity index (χ2n) is 7.48. The van der Waals surface area contributed by atoms with Crippen molar-refractivity contribution in [1.82, 2.24) is 15.1 Å². The molecule has 1 saturated heterocycles. The van der Waals surface area contributed by atoms with Gasteiger partial charge in [0, 0.05) is 24.9 Å². The second kappa shape index (κ2) is 6.50. The van der Waals surface area contributed by atoms with Crippen LogP contribution in [-0.2, 0) is 4.79 Å². The van der Waals surface area contributed by atoms with Crippen molar-refractivity contribution in [2.75, 3.05) is 13.1 Å². The Morgan fingerprint density at radius 2 is 2.12 bits per heavy atom. The SMILES string of the molecule is O=C(O)CC1CCC2CN(C(=O)c3cccc4cn[nH]c34)CCC2C1. The van der Waals surface area contributed by atoms with Crippen LogP contribution in [0.5, 0.6) is 0 Å². The minimum atomic E-state index is -0.691. The van der Waals surface area contributed by atoms with E-state index in [4.69, 9.17) is 5.11 Å². The Hall–Kier alpha value is -2.37. The zero-order chi connectivity index (χ0) is 17.4. The highest BCUT2D eigenvalue weighted by atomic mass is 16.4. The number of likely N-dealkylation sites (tertiary alicyclic amines) is 1. The second-order valence-corrected chi connectivity index (χ2v) is 7.48. The van der Waals surface area contributed by atoms with E-state index in [1.165, 1.54) is 0 Å². The molecule has 3 unspecified atom stereocenters. The highest BCUT2D eigenvalue weighted by Crippen LogP contribution is 2.40. The molecule has 6 heteroatoms. The number of carbonyl (C=O) groups excluding carboxylic acids is 1. The van der Waals surface area contributed by atoms with Gasteiger partial charge in [0.05, 0.1) is 17.3 Å². The zero-order valence-corrected chi connectivity index (χ0v) is 14.1. The third-order valence-electron chi connectivity index (χ3n) is 5.93. The zero-order valence-electron chi connectivity index (χ0n) is 14.1. The predicted molar refractivity (Wildman–Crippen MR) is 93.2 cm³/mol. The first-order valence-corrected chi connectivity index (χ1v) is 9.05. The van der Waals surface area contributed by atoms with Gasteiger partial charge in [0.15, 0.2) is 0 Å². The van der Waals surface area contributed by atoms with Gasteiger partial charge in [0.2, 0.25) is 0 Å². The molecule has 1 aliphatic carbocycles. The van der Waals surface area contributed by atoms with Crippen molar-refractivity contribution in [3.63, 3.8) is 0 Å². The highest BCUT2D eigenvalue weighted by Gasteiger charge is 2.37. The minimum absolute atomic E-state index is 0.0703. The van der Waals surface area contributed by atoms with E-state index in [0.29, 0.717) is 23.3 Å². The first-order valence-electron chi connectivity index (χ1n) is 9.05. The number of para-hydroxylation sites is 1. The molecule has 2 N–H and O–H groups in total. The van der Waals surface area contributed by atoms with E-state index >= 15 is 0 Å². The van der Waals surface area contributed by atoms with E-state index in [0.717, 1.165) is 49.7 Å². The third-order valence-corrected chi connectivity index (χ3v) is 5.93.